The van der Waals surface area contributed by atoms with Gasteiger partial charge in [-0.3, -0.25) is 4.79 Å². The van der Waals surface area contributed by atoms with Gasteiger partial charge in [-0.2, -0.15) is 4.57 Å². The molecule has 0 bridgehead atoms. The first-order chi connectivity index (χ1) is 10.2. The Hall–Kier alpha value is -1.64. The molecule has 1 rings (SSSR count). The number of rotatable bonds is 6. The zero-order valence-electron chi connectivity index (χ0n) is 15.2. The molecule has 0 aliphatic carbocycles. The van der Waals surface area contributed by atoms with Crippen LogP contribution in [0.3, 0.4) is 0 Å². The van der Waals surface area contributed by atoms with Crippen LogP contribution < -0.4 is 4.57 Å². The highest BCUT2D eigenvalue weighted by Gasteiger charge is 2.40. The SMILES string of the molecule is CC.CC/C=C/c1ccc[n+](C(C)(C)CC(C)(C)C(=O)O)c1. The Balaban J connectivity index is 0.00000211. The summed E-state index contributed by atoms with van der Waals surface area (Å²) in [5, 5.41) is 9.30. The molecule has 1 heterocycles. The fourth-order valence-corrected chi connectivity index (χ4v) is 2.47. The second kappa shape index (κ2) is 8.72. The van der Waals surface area contributed by atoms with Crippen molar-refractivity contribution in [3.05, 3.63) is 36.2 Å². The van der Waals surface area contributed by atoms with Gasteiger partial charge in [0.05, 0.1) is 5.41 Å². The van der Waals surface area contributed by atoms with Crippen molar-refractivity contribution in [2.24, 2.45) is 5.41 Å². The zero-order valence-corrected chi connectivity index (χ0v) is 15.2. The Bertz CT molecular complexity index is 502. The van der Waals surface area contributed by atoms with Crippen molar-refractivity contribution >= 4 is 12.0 Å². The van der Waals surface area contributed by atoms with Gasteiger partial charge in [-0.15, -0.1) is 0 Å². The van der Waals surface area contributed by atoms with Crippen LogP contribution in [0.25, 0.3) is 6.08 Å². The Morgan fingerprint density at radius 1 is 1.27 bits per heavy atom. The highest BCUT2D eigenvalue weighted by Crippen LogP contribution is 2.29. The van der Waals surface area contributed by atoms with Crippen molar-refractivity contribution in [2.45, 2.75) is 66.8 Å². The van der Waals surface area contributed by atoms with Crippen LogP contribution in [0.2, 0.25) is 0 Å². The Labute approximate surface area is 135 Å². The number of nitrogens with zero attached hydrogens (tertiary/aromatic N) is 1. The quantitative estimate of drug-likeness (QED) is 0.777. The molecule has 0 fully saturated rings. The normalized spacial score (nSPS) is 12.0. The minimum absolute atomic E-state index is 0.252. The number of hydrogen-bond donors (Lipinski definition) is 1. The summed E-state index contributed by atoms with van der Waals surface area (Å²) in [4.78, 5) is 11.3. The van der Waals surface area contributed by atoms with E-state index in [0.717, 1.165) is 12.0 Å². The molecule has 0 amide bonds. The van der Waals surface area contributed by atoms with Crippen LogP contribution in [0.5, 0.6) is 0 Å². The van der Waals surface area contributed by atoms with Crippen molar-refractivity contribution in [2.75, 3.05) is 0 Å². The minimum Gasteiger partial charge on any atom is -0.481 e. The third kappa shape index (κ3) is 6.00. The first kappa shape index (κ1) is 20.4. The molecule has 3 heteroatoms. The van der Waals surface area contributed by atoms with E-state index in [-0.39, 0.29) is 5.54 Å². The minimum atomic E-state index is -0.756. The van der Waals surface area contributed by atoms with Gasteiger partial charge in [-0.25, -0.2) is 0 Å². The van der Waals surface area contributed by atoms with Crippen LogP contribution in [0.15, 0.2) is 30.6 Å². The monoisotopic (exact) mass is 306 g/mol. The van der Waals surface area contributed by atoms with E-state index in [1.807, 2.05) is 26.1 Å². The second-order valence-electron chi connectivity index (χ2n) is 6.53. The summed E-state index contributed by atoms with van der Waals surface area (Å²) in [6, 6.07) is 4.06. The molecular formula is C19H32NO2+. The largest absolute Gasteiger partial charge is 0.481 e. The van der Waals surface area contributed by atoms with E-state index in [0.29, 0.717) is 6.42 Å². The lowest BCUT2D eigenvalue weighted by Gasteiger charge is -2.28. The van der Waals surface area contributed by atoms with E-state index in [2.05, 4.69) is 49.8 Å². The molecule has 0 aliphatic rings. The lowest BCUT2D eigenvalue weighted by Crippen LogP contribution is -2.54. The molecule has 0 atom stereocenters. The Kier molecular flexibility index (Phi) is 8.07. The molecule has 0 saturated carbocycles. The Morgan fingerprint density at radius 2 is 1.86 bits per heavy atom. The van der Waals surface area contributed by atoms with Gasteiger partial charge in [-0.1, -0.05) is 32.9 Å². The second-order valence-corrected chi connectivity index (χ2v) is 6.53. The maximum Gasteiger partial charge on any atom is 0.309 e. The molecule has 0 aliphatic heterocycles. The third-order valence-electron chi connectivity index (χ3n) is 3.52. The predicted octanol–water partition coefficient (Wildman–Crippen LogP) is 4.66. The van der Waals surface area contributed by atoms with E-state index < -0.39 is 11.4 Å². The molecule has 0 aromatic carbocycles. The number of carbonyl (C=O) groups is 1. The van der Waals surface area contributed by atoms with Gasteiger partial charge in [0.1, 0.15) is 0 Å². The number of pyridine rings is 1. The molecule has 0 unspecified atom stereocenters. The summed E-state index contributed by atoms with van der Waals surface area (Å²) < 4.78 is 2.10. The number of allylic oxidation sites excluding steroid dienone is 1. The zero-order chi connectivity index (χ0) is 17.4. The van der Waals surface area contributed by atoms with Crippen LogP contribution in [-0.2, 0) is 10.3 Å². The molecule has 1 aromatic rings. The highest BCUT2D eigenvalue weighted by atomic mass is 16.4. The maximum absolute atomic E-state index is 11.3. The third-order valence-corrected chi connectivity index (χ3v) is 3.52. The standard InChI is InChI=1S/C17H25NO2.C2H6/c1-6-7-9-14-10-8-11-18(12-14)17(4,5)13-16(2,3)15(19)20;1-2/h7-12H,6,13H2,1-5H3;1-2H3/p+1/b9-7+;. The maximum atomic E-state index is 11.3. The van der Waals surface area contributed by atoms with Gasteiger partial charge in [-0.05, 0) is 26.3 Å². The fraction of sp³-hybridized carbons (Fsp3) is 0.579. The smallest absolute Gasteiger partial charge is 0.309 e. The van der Waals surface area contributed by atoms with Crippen molar-refractivity contribution in [3.63, 3.8) is 0 Å². The molecule has 0 spiro atoms. The summed E-state index contributed by atoms with van der Waals surface area (Å²) in [6.45, 7) is 13.8. The van der Waals surface area contributed by atoms with Crippen LogP contribution in [-0.4, -0.2) is 11.1 Å². The fourth-order valence-electron chi connectivity index (χ4n) is 2.47. The van der Waals surface area contributed by atoms with Crippen LogP contribution in [0, 0.1) is 5.41 Å². The van der Waals surface area contributed by atoms with Crippen molar-refractivity contribution in [1.29, 1.82) is 0 Å². The summed E-state index contributed by atoms with van der Waals surface area (Å²) in [5.74, 6) is -0.756. The van der Waals surface area contributed by atoms with Gasteiger partial charge in [0, 0.05) is 31.9 Å². The van der Waals surface area contributed by atoms with Crippen molar-refractivity contribution < 1.29 is 14.5 Å². The number of carboxylic acid groups (broad SMARTS) is 1. The van der Waals surface area contributed by atoms with E-state index in [1.54, 1.807) is 13.8 Å². The molecule has 1 aromatic heterocycles. The number of hydrogen-bond acceptors (Lipinski definition) is 1. The van der Waals surface area contributed by atoms with Crippen LogP contribution in [0.1, 0.15) is 66.9 Å². The predicted molar refractivity (Wildman–Crippen MR) is 92.7 cm³/mol. The number of aliphatic carboxylic acids is 1. The number of aromatic nitrogens is 1. The summed E-state index contributed by atoms with van der Waals surface area (Å²) in [6.07, 6.45) is 9.86. The van der Waals surface area contributed by atoms with Crippen molar-refractivity contribution in [1.82, 2.24) is 0 Å². The molecule has 0 saturated heterocycles. The average Bonchev–Trinajstić information content (AvgIpc) is 2.46. The van der Waals surface area contributed by atoms with Gasteiger partial charge in [0.25, 0.3) is 0 Å². The van der Waals surface area contributed by atoms with Gasteiger partial charge < -0.3 is 5.11 Å². The molecular weight excluding hydrogens is 274 g/mol. The molecule has 3 nitrogen and oxygen atoms in total. The first-order valence-corrected chi connectivity index (χ1v) is 8.11. The lowest BCUT2D eigenvalue weighted by molar-refractivity contribution is -0.760. The summed E-state index contributed by atoms with van der Waals surface area (Å²) in [5.41, 5.74) is 0.138. The average molecular weight is 306 g/mol. The lowest BCUT2D eigenvalue weighted by atomic mass is 9.80. The van der Waals surface area contributed by atoms with E-state index in [4.69, 9.17) is 0 Å². The first-order valence-electron chi connectivity index (χ1n) is 8.11. The van der Waals surface area contributed by atoms with E-state index >= 15 is 0 Å². The highest BCUT2D eigenvalue weighted by molar-refractivity contribution is 5.73. The number of carboxylic acids is 1. The van der Waals surface area contributed by atoms with E-state index in [9.17, 15) is 9.90 Å². The Morgan fingerprint density at radius 3 is 2.36 bits per heavy atom. The van der Waals surface area contributed by atoms with E-state index in [1.165, 1.54) is 0 Å². The summed E-state index contributed by atoms with van der Waals surface area (Å²) in [7, 11) is 0. The van der Waals surface area contributed by atoms with Crippen molar-refractivity contribution in [3.8, 4) is 0 Å². The van der Waals surface area contributed by atoms with Crippen LogP contribution >= 0.6 is 0 Å². The van der Waals surface area contributed by atoms with Gasteiger partial charge >= 0.3 is 5.97 Å². The van der Waals surface area contributed by atoms with Gasteiger partial charge in [0.15, 0.2) is 17.9 Å². The van der Waals surface area contributed by atoms with Gasteiger partial charge in [0.2, 0.25) is 0 Å². The molecule has 124 valence electrons. The van der Waals surface area contributed by atoms with Crippen LogP contribution in [0.4, 0.5) is 0 Å². The molecule has 22 heavy (non-hydrogen) atoms. The summed E-state index contributed by atoms with van der Waals surface area (Å²) >= 11 is 0. The molecule has 0 radical (unpaired) electrons. The molecule has 1 N–H and O–H groups in total. The topological polar surface area (TPSA) is 41.2 Å².